The second kappa shape index (κ2) is 9.63. The minimum atomic E-state index is -0.195. The summed E-state index contributed by atoms with van der Waals surface area (Å²) >= 11 is 1.44. The summed E-state index contributed by atoms with van der Waals surface area (Å²) in [5.41, 5.74) is 6.86. The second-order valence-corrected chi connectivity index (χ2v) is 5.23. The number of amides is 1. The van der Waals surface area contributed by atoms with Crippen molar-refractivity contribution in [3.63, 3.8) is 0 Å². The maximum absolute atomic E-state index is 11.9. The summed E-state index contributed by atoms with van der Waals surface area (Å²) in [6.07, 6.45) is 0. The molecule has 122 valence electrons. The first-order valence-corrected chi connectivity index (χ1v) is 7.13. The van der Waals surface area contributed by atoms with E-state index < -0.39 is 0 Å². The van der Waals surface area contributed by atoms with E-state index in [0.29, 0.717) is 12.2 Å². The minimum absolute atomic E-state index is 0. The second-order valence-electron chi connectivity index (χ2n) is 4.38. The maximum atomic E-state index is 11.9. The fourth-order valence-electron chi connectivity index (χ4n) is 1.60. The highest BCUT2D eigenvalue weighted by Crippen LogP contribution is 2.25. The van der Waals surface area contributed by atoms with E-state index in [1.807, 2.05) is 31.2 Å². The van der Waals surface area contributed by atoms with Crippen LogP contribution in [0.1, 0.15) is 17.4 Å². The van der Waals surface area contributed by atoms with Crippen molar-refractivity contribution in [3.8, 4) is 16.3 Å². The van der Waals surface area contributed by atoms with Gasteiger partial charge in [0.2, 0.25) is 0 Å². The summed E-state index contributed by atoms with van der Waals surface area (Å²) < 4.78 is 5.11. The first-order valence-electron chi connectivity index (χ1n) is 6.25. The molecule has 1 aromatic heterocycles. The lowest BCUT2D eigenvalue weighted by Gasteiger charge is -2.09. The molecule has 0 radical (unpaired) electrons. The van der Waals surface area contributed by atoms with Crippen LogP contribution in [0.3, 0.4) is 0 Å². The molecule has 1 atom stereocenters. The smallest absolute Gasteiger partial charge is 0.271 e. The molecule has 0 spiro atoms. The van der Waals surface area contributed by atoms with Gasteiger partial charge in [0.25, 0.3) is 5.91 Å². The van der Waals surface area contributed by atoms with Gasteiger partial charge in [0.1, 0.15) is 16.5 Å². The van der Waals surface area contributed by atoms with Crippen LogP contribution < -0.4 is 15.8 Å². The Kier molecular flexibility index (Phi) is 9.04. The molecule has 3 N–H and O–H groups in total. The van der Waals surface area contributed by atoms with Gasteiger partial charge in [-0.1, -0.05) is 0 Å². The molecule has 2 aromatic rings. The molecule has 0 fully saturated rings. The number of thiazole rings is 1. The van der Waals surface area contributed by atoms with Gasteiger partial charge in [-0.2, -0.15) is 0 Å². The average Bonchev–Trinajstić information content (AvgIpc) is 2.97. The molecule has 0 unspecified atom stereocenters. The molecule has 0 saturated carbocycles. The van der Waals surface area contributed by atoms with Crippen LogP contribution >= 0.6 is 36.2 Å². The van der Waals surface area contributed by atoms with Gasteiger partial charge in [-0.25, -0.2) is 4.98 Å². The fraction of sp³-hybridized carbons (Fsp3) is 0.286. The van der Waals surface area contributed by atoms with Crippen molar-refractivity contribution in [3.05, 3.63) is 35.3 Å². The molecule has 1 heterocycles. The zero-order valence-corrected chi connectivity index (χ0v) is 14.7. The molecule has 1 aromatic carbocycles. The van der Waals surface area contributed by atoms with Gasteiger partial charge in [-0.3, -0.25) is 4.79 Å². The van der Waals surface area contributed by atoms with Gasteiger partial charge in [-0.05, 0) is 31.2 Å². The summed E-state index contributed by atoms with van der Waals surface area (Å²) in [6, 6.07) is 7.51. The summed E-state index contributed by atoms with van der Waals surface area (Å²) in [5, 5.41) is 5.34. The number of carbonyl (C=O) groups excluding carboxylic acids is 1. The maximum Gasteiger partial charge on any atom is 0.271 e. The van der Waals surface area contributed by atoms with Crippen LogP contribution in [0.2, 0.25) is 0 Å². The molecular weight excluding hydrogens is 345 g/mol. The molecule has 1 amide bonds. The number of nitrogens with two attached hydrogens (primary N) is 1. The van der Waals surface area contributed by atoms with Crippen LogP contribution in [-0.2, 0) is 0 Å². The van der Waals surface area contributed by atoms with Gasteiger partial charge in [0.05, 0.1) is 7.11 Å². The standard InChI is InChI=1S/C14H17N3O2S.2ClH/c1-9(7-15)16-13(18)12-8-20-14(17-12)10-3-5-11(19-2)6-4-10;;/h3-6,8-9H,7,15H2,1-2H3,(H,16,18);2*1H/t9-;;/m0../s1. The number of carbonyl (C=O) groups is 1. The third-order valence-electron chi connectivity index (χ3n) is 2.80. The molecule has 0 saturated heterocycles. The number of nitrogens with zero attached hydrogens (tertiary/aromatic N) is 1. The number of benzene rings is 1. The summed E-state index contributed by atoms with van der Waals surface area (Å²) in [6.45, 7) is 2.26. The van der Waals surface area contributed by atoms with Gasteiger partial charge in [0, 0.05) is 23.5 Å². The van der Waals surface area contributed by atoms with Gasteiger partial charge in [-0.15, -0.1) is 36.2 Å². The van der Waals surface area contributed by atoms with E-state index in [-0.39, 0.29) is 36.8 Å². The monoisotopic (exact) mass is 363 g/mol. The highest BCUT2D eigenvalue weighted by molar-refractivity contribution is 7.13. The van der Waals surface area contributed by atoms with Crippen molar-refractivity contribution in [2.45, 2.75) is 13.0 Å². The lowest BCUT2D eigenvalue weighted by Crippen LogP contribution is -2.37. The van der Waals surface area contributed by atoms with E-state index in [4.69, 9.17) is 10.5 Å². The van der Waals surface area contributed by atoms with E-state index in [0.717, 1.165) is 16.3 Å². The fourth-order valence-corrected chi connectivity index (χ4v) is 2.41. The quantitative estimate of drug-likeness (QED) is 0.855. The van der Waals surface area contributed by atoms with Gasteiger partial charge in [0.15, 0.2) is 0 Å². The molecule has 0 aliphatic carbocycles. The Bertz CT molecular complexity index is 590. The number of nitrogens with one attached hydrogen (secondary N) is 1. The Labute approximate surface area is 146 Å². The number of halogens is 2. The first-order chi connectivity index (χ1) is 9.63. The van der Waals surface area contributed by atoms with E-state index in [1.165, 1.54) is 11.3 Å². The van der Waals surface area contributed by atoms with E-state index in [9.17, 15) is 4.79 Å². The minimum Gasteiger partial charge on any atom is -0.497 e. The van der Waals surface area contributed by atoms with E-state index >= 15 is 0 Å². The Morgan fingerprint density at radius 1 is 1.36 bits per heavy atom. The molecule has 0 bridgehead atoms. The predicted molar refractivity (Wildman–Crippen MR) is 94.6 cm³/mol. The average molecular weight is 364 g/mol. The molecule has 0 aliphatic heterocycles. The summed E-state index contributed by atoms with van der Waals surface area (Å²) in [5.74, 6) is 0.596. The third kappa shape index (κ3) is 5.14. The number of aromatic nitrogens is 1. The van der Waals surface area contributed by atoms with Crippen molar-refractivity contribution in [2.75, 3.05) is 13.7 Å². The Morgan fingerprint density at radius 2 is 2.00 bits per heavy atom. The first kappa shape index (κ1) is 20.7. The predicted octanol–water partition coefficient (Wildman–Crippen LogP) is 2.74. The number of methoxy groups -OCH3 is 1. The van der Waals surface area contributed by atoms with Crippen LogP contribution in [0.15, 0.2) is 29.6 Å². The lowest BCUT2D eigenvalue weighted by molar-refractivity contribution is 0.0937. The number of ether oxygens (including phenoxy) is 1. The zero-order valence-electron chi connectivity index (χ0n) is 12.2. The molecule has 22 heavy (non-hydrogen) atoms. The van der Waals surface area contributed by atoms with Crippen LogP contribution in [-0.4, -0.2) is 30.6 Å². The number of hydrogen-bond acceptors (Lipinski definition) is 5. The lowest BCUT2D eigenvalue weighted by atomic mass is 10.2. The number of rotatable bonds is 5. The molecule has 8 heteroatoms. The zero-order chi connectivity index (χ0) is 14.5. The van der Waals surface area contributed by atoms with Crippen LogP contribution in [0, 0.1) is 0 Å². The normalized spacial score (nSPS) is 10.9. The van der Waals surface area contributed by atoms with Crippen LogP contribution in [0.5, 0.6) is 5.75 Å². The number of hydrogen-bond donors (Lipinski definition) is 2. The highest BCUT2D eigenvalue weighted by Gasteiger charge is 2.13. The Hall–Kier alpha value is -1.34. The summed E-state index contributed by atoms with van der Waals surface area (Å²) in [4.78, 5) is 16.3. The highest BCUT2D eigenvalue weighted by atomic mass is 35.5. The van der Waals surface area contributed by atoms with E-state index in [2.05, 4.69) is 10.3 Å². The van der Waals surface area contributed by atoms with Crippen LogP contribution in [0.25, 0.3) is 10.6 Å². The third-order valence-corrected chi connectivity index (χ3v) is 3.70. The van der Waals surface area contributed by atoms with Crippen molar-refractivity contribution < 1.29 is 9.53 Å². The van der Waals surface area contributed by atoms with Crippen molar-refractivity contribution in [1.29, 1.82) is 0 Å². The van der Waals surface area contributed by atoms with Crippen molar-refractivity contribution in [1.82, 2.24) is 10.3 Å². The molecule has 5 nitrogen and oxygen atoms in total. The Morgan fingerprint density at radius 3 is 2.55 bits per heavy atom. The molecule has 2 rings (SSSR count). The SMILES string of the molecule is COc1ccc(-c2nc(C(=O)N[C@@H](C)CN)cs2)cc1.Cl.Cl. The Balaban J connectivity index is 0.00000220. The molecule has 0 aliphatic rings. The van der Waals surface area contributed by atoms with Crippen LogP contribution in [0.4, 0.5) is 0 Å². The molecular formula is C14H19Cl2N3O2S. The van der Waals surface area contributed by atoms with Gasteiger partial charge < -0.3 is 15.8 Å². The van der Waals surface area contributed by atoms with Gasteiger partial charge >= 0.3 is 0 Å². The summed E-state index contributed by atoms with van der Waals surface area (Å²) in [7, 11) is 1.62. The van der Waals surface area contributed by atoms with Crippen molar-refractivity contribution in [2.24, 2.45) is 5.73 Å². The topological polar surface area (TPSA) is 77.2 Å². The van der Waals surface area contributed by atoms with Crippen molar-refractivity contribution >= 4 is 42.1 Å². The van der Waals surface area contributed by atoms with E-state index in [1.54, 1.807) is 12.5 Å². The largest absolute Gasteiger partial charge is 0.497 e.